The molecule has 1 saturated heterocycles. The number of rotatable bonds is 6. The quantitative estimate of drug-likeness (QED) is 0.626. The Labute approximate surface area is 134 Å². The molecule has 1 atom stereocenters. The van der Waals surface area contributed by atoms with Crippen LogP contribution in [0.1, 0.15) is 36.5 Å². The van der Waals surface area contributed by atoms with Crippen molar-refractivity contribution in [3.05, 3.63) is 34.9 Å². The van der Waals surface area contributed by atoms with E-state index < -0.39 is 0 Å². The number of likely N-dealkylation sites (N-methyl/N-ethyl adjacent to an activating group) is 1. The van der Waals surface area contributed by atoms with Gasteiger partial charge >= 0.3 is 0 Å². The molecule has 0 amide bonds. The molecule has 4 nitrogen and oxygen atoms in total. The standard InChI is InChI=1S/C18H30N4/c1-4-22-9-5-6-17(22)13-21-18(19)20-8-7-16-11-14(2)10-15(3)12-16/h10-12,17H,4-9,13H2,1-3H3,(H3,19,20,21). The highest BCUT2D eigenvalue weighted by atomic mass is 15.2. The molecule has 0 bridgehead atoms. The second-order valence-corrected chi connectivity index (χ2v) is 6.32. The maximum atomic E-state index is 5.98. The number of hydrogen-bond donors (Lipinski definition) is 2. The third-order valence-corrected chi connectivity index (χ3v) is 4.38. The van der Waals surface area contributed by atoms with Gasteiger partial charge in [0.05, 0.1) is 6.54 Å². The van der Waals surface area contributed by atoms with E-state index in [1.165, 1.54) is 36.1 Å². The molecule has 1 unspecified atom stereocenters. The van der Waals surface area contributed by atoms with Gasteiger partial charge in [-0.3, -0.25) is 9.89 Å². The van der Waals surface area contributed by atoms with Crippen molar-refractivity contribution >= 4 is 5.96 Å². The third-order valence-electron chi connectivity index (χ3n) is 4.38. The molecule has 22 heavy (non-hydrogen) atoms. The van der Waals surface area contributed by atoms with Gasteiger partial charge in [0.15, 0.2) is 5.96 Å². The maximum absolute atomic E-state index is 5.98. The van der Waals surface area contributed by atoms with Crippen LogP contribution in [-0.4, -0.2) is 43.1 Å². The zero-order valence-electron chi connectivity index (χ0n) is 14.2. The number of aryl methyl sites for hydroxylation is 2. The van der Waals surface area contributed by atoms with Gasteiger partial charge in [0.1, 0.15) is 0 Å². The lowest BCUT2D eigenvalue weighted by Gasteiger charge is -2.20. The molecule has 0 spiro atoms. The topological polar surface area (TPSA) is 53.6 Å². The molecule has 0 aromatic heterocycles. The van der Waals surface area contributed by atoms with Gasteiger partial charge in [0, 0.05) is 12.6 Å². The Balaban J connectivity index is 1.75. The predicted octanol–water partition coefficient (Wildman–Crippen LogP) is 2.23. The summed E-state index contributed by atoms with van der Waals surface area (Å²) < 4.78 is 0. The molecule has 1 aromatic rings. The first-order chi connectivity index (χ1) is 10.6. The van der Waals surface area contributed by atoms with E-state index in [9.17, 15) is 0 Å². The van der Waals surface area contributed by atoms with Crippen LogP contribution in [0.4, 0.5) is 0 Å². The molecule has 0 aliphatic carbocycles. The molecule has 4 heteroatoms. The van der Waals surface area contributed by atoms with Crippen molar-refractivity contribution in [2.24, 2.45) is 10.7 Å². The number of nitrogens with two attached hydrogens (primary N) is 1. The van der Waals surface area contributed by atoms with Gasteiger partial charge in [-0.05, 0) is 51.8 Å². The van der Waals surface area contributed by atoms with Gasteiger partial charge in [-0.25, -0.2) is 0 Å². The molecule has 1 aliphatic rings. The Morgan fingerprint density at radius 3 is 2.73 bits per heavy atom. The lowest BCUT2D eigenvalue weighted by atomic mass is 10.1. The van der Waals surface area contributed by atoms with Crippen LogP contribution in [0.25, 0.3) is 0 Å². The van der Waals surface area contributed by atoms with E-state index in [1.807, 2.05) is 0 Å². The highest BCUT2D eigenvalue weighted by Crippen LogP contribution is 2.16. The van der Waals surface area contributed by atoms with E-state index in [0.717, 1.165) is 26.1 Å². The van der Waals surface area contributed by atoms with Crippen LogP contribution in [0.2, 0.25) is 0 Å². The first-order valence-corrected chi connectivity index (χ1v) is 8.43. The fraction of sp³-hybridized carbons (Fsp3) is 0.611. The lowest BCUT2D eigenvalue weighted by molar-refractivity contribution is 0.273. The second kappa shape index (κ2) is 8.18. The van der Waals surface area contributed by atoms with Gasteiger partial charge in [-0.2, -0.15) is 0 Å². The van der Waals surface area contributed by atoms with Gasteiger partial charge in [0.25, 0.3) is 0 Å². The highest BCUT2D eigenvalue weighted by Gasteiger charge is 2.22. The number of hydrogen-bond acceptors (Lipinski definition) is 2. The summed E-state index contributed by atoms with van der Waals surface area (Å²) in [6.07, 6.45) is 3.50. The first kappa shape index (κ1) is 16.8. The van der Waals surface area contributed by atoms with Gasteiger partial charge in [0.2, 0.25) is 0 Å². The molecule has 0 saturated carbocycles. The smallest absolute Gasteiger partial charge is 0.188 e. The summed E-state index contributed by atoms with van der Waals surface area (Å²) in [6.45, 7) is 10.5. The van der Waals surface area contributed by atoms with E-state index in [0.29, 0.717) is 12.0 Å². The van der Waals surface area contributed by atoms with Gasteiger partial charge in [-0.1, -0.05) is 36.2 Å². The van der Waals surface area contributed by atoms with E-state index in [-0.39, 0.29) is 0 Å². The average molecular weight is 302 g/mol. The summed E-state index contributed by atoms with van der Waals surface area (Å²) >= 11 is 0. The Kier molecular flexibility index (Phi) is 6.25. The summed E-state index contributed by atoms with van der Waals surface area (Å²) in [7, 11) is 0. The van der Waals surface area contributed by atoms with Crippen molar-refractivity contribution in [2.45, 2.75) is 46.1 Å². The van der Waals surface area contributed by atoms with Gasteiger partial charge in [-0.15, -0.1) is 0 Å². The van der Waals surface area contributed by atoms with Crippen LogP contribution in [0, 0.1) is 13.8 Å². The molecular formula is C18H30N4. The molecule has 1 aromatic carbocycles. The molecule has 2 rings (SSSR count). The largest absolute Gasteiger partial charge is 0.370 e. The van der Waals surface area contributed by atoms with Crippen LogP contribution >= 0.6 is 0 Å². The zero-order chi connectivity index (χ0) is 15.9. The number of nitrogens with one attached hydrogen (secondary N) is 1. The second-order valence-electron chi connectivity index (χ2n) is 6.32. The van der Waals surface area contributed by atoms with Crippen molar-refractivity contribution in [2.75, 3.05) is 26.2 Å². The van der Waals surface area contributed by atoms with Crippen molar-refractivity contribution in [3.63, 3.8) is 0 Å². The van der Waals surface area contributed by atoms with Crippen LogP contribution in [0.15, 0.2) is 23.2 Å². The monoisotopic (exact) mass is 302 g/mol. The molecule has 122 valence electrons. The summed E-state index contributed by atoms with van der Waals surface area (Å²) in [5.74, 6) is 0.576. The van der Waals surface area contributed by atoms with Crippen LogP contribution in [-0.2, 0) is 6.42 Å². The predicted molar refractivity (Wildman–Crippen MR) is 94.4 cm³/mol. The number of nitrogens with zero attached hydrogens (tertiary/aromatic N) is 2. The third kappa shape index (κ3) is 5.02. The molecule has 1 fully saturated rings. The van der Waals surface area contributed by atoms with Crippen molar-refractivity contribution in [3.8, 4) is 0 Å². The SMILES string of the molecule is CCN1CCCC1CN=C(N)NCCc1cc(C)cc(C)c1. The van der Waals surface area contributed by atoms with Gasteiger partial charge < -0.3 is 11.1 Å². The lowest BCUT2D eigenvalue weighted by Crippen LogP contribution is -2.36. The number of guanidine groups is 1. The Morgan fingerprint density at radius 1 is 1.32 bits per heavy atom. The maximum Gasteiger partial charge on any atom is 0.188 e. The zero-order valence-corrected chi connectivity index (χ0v) is 14.2. The van der Waals surface area contributed by atoms with Crippen LogP contribution in [0.5, 0.6) is 0 Å². The Hall–Kier alpha value is -1.55. The Morgan fingerprint density at radius 2 is 2.05 bits per heavy atom. The highest BCUT2D eigenvalue weighted by molar-refractivity contribution is 5.77. The summed E-state index contributed by atoms with van der Waals surface area (Å²) in [6, 6.07) is 7.25. The summed E-state index contributed by atoms with van der Waals surface area (Å²) in [5.41, 5.74) is 9.97. The number of likely N-dealkylation sites (tertiary alicyclic amines) is 1. The normalized spacial score (nSPS) is 19.6. The summed E-state index contributed by atoms with van der Waals surface area (Å²) in [5, 5.41) is 3.24. The average Bonchev–Trinajstić information content (AvgIpc) is 2.91. The van der Waals surface area contributed by atoms with Crippen LogP contribution < -0.4 is 11.1 Å². The van der Waals surface area contributed by atoms with Crippen LogP contribution in [0.3, 0.4) is 0 Å². The fourth-order valence-electron chi connectivity index (χ4n) is 3.33. The minimum absolute atomic E-state index is 0.574. The fourth-order valence-corrected chi connectivity index (χ4v) is 3.33. The van der Waals surface area contributed by atoms with E-state index >= 15 is 0 Å². The van der Waals surface area contributed by atoms with E-state index in [1.54, 1.807) is 0 Å². The van der Waals surface area contributed by atoms with Crippen molar-refractivity contribution < 1.29 is 0 Å². The first-order valence-electron chi connectivity index (χ1n) is 8.43. The molecule has 1 heterocycles. The molecule has 3 N–H and O–H groups in total. The number of benzene rings is 1. The minimum atomic E-state index is 0.574. The van der Waals surface area contributed by atoms with E-state index in [4.69, 9.17) is 5.73 Å². The molecular weight excluding hydrogens is 272 g/mol. The molecule has 0 radical (unpaired) electrons. The molecule has 1 aliphatic heterocycles. The van der Waals surface area contributed by atoms with Crippen molar-refractivity contribution in [1.29, 1.82) is 0 Å². The van der Waals surface area contributed by atoms with Crippen molar-refractivity contribution in [1.82, 2.24) is 10.2 Å². The Bertz CT molecular complexity index is 490. The summed E-state index contributed by atoms with van der Waals surface area (Å²) in [4.78, 5) is 7.00. The minimum Gasteiger partial charge on any atom is -0.370 e. The van der Waals surface area contributed by atoms with E-state index in [2.05, 4.69) is 54.2 Å². The number of aliphatic imine (C=N–C) groups is 1.